The molecule has 1 aliphatic rings. The van der Waals surface area contributed by atoms with Crippen molar-refractivity contribution in [1.29, 1.82) is 0 Å². The maximum Gasteiger partial charge on any atom is 0.190 e. The Labute approximate surface area is 111 Å². The fourth-order valence-electron chi connectivity index (χ4n) is 1.93. The molecule has 0 unspecified atom stereocenters. The second-order valence-electron chi connectivity index (χ2n) is 4.04. The smallest absolute Gasteiger partial charge is 0.190 e. The van der Waals surface area contributed by atoms with Crippen LogP contribution < -0.4 is 5.32 Å². The zero-order valence-corrected chi connectivity index (χ0v) is 11.5. The molecule has 4 nitrogen and oxygen atoms in total. The first-order chi connectivity index (χ1) is 8.28. The van der Waals surface area contributed by atoms with E-state index in [0.717, 1.165) is 18.9 Å². The van der Waals surface area contributed by atoms with Crippen LogP contribution in [0.2, 0.25) is 5.15 Å². The topological polar surface area (TPSA) is 41.1 Å². The molecule has 1 N–H and O–H groups in total. The van der Waals surface area contributed by atoms with E-state index in [1.807, 2.05) is 6.26 Å². The molecule has 2 heterocycles. The number of hydrogen-bond donors (Lipinski definition) is 1. The summed E-state index contributed by atoms with van der Waals surface area (Å²) in [6.07, 6.45) is 4.60. The SMILES string of the molecule is CSc1nc(Cl)cc(NCCN2CCCC2)n1. The molecule has 0 bridgehead atoms. The van der Waals surface area contributed by atoms with Crippen molar-refractivity contribution < 1.29 is 0 Å². The lowest BCUT2D eigenvalue weighted by molar-refractivity contribution is 0.352. The van der Waals surface area contributed by atoms with Crippen molar-refractivity contribution in [3.63, 3.8) is 0 Å². The van der Waals surface area contributed by atoms with E-state index in [4.69, 9.17) is 11.6 Å². The lowest BCUT2D eigenvalue weighted by Gasteiger charge is -2.15. The molecule has 0 atom stereocenters. The van der Waals surface area contributed by atoms with E-state index in [1.165, 1.54) is 37.7 Å². The number of rotatable bonds is 5. The van der Waals surface area contributed by atoms with E-state index < -0.39 is 0 Å². The number of likely N-dealkylation sites (tertiary alicyclic amines) is 1. The predicted molar refractivity (Wildman–Crippen MR) is 73.0 cm³/mol. The zero-order valence-electron chi connectivity index (χ0n) is 9.95. The van der Waals surface area contributed by atoms with Crippen molar-refractivity contribution in [2.45, 2.75) is 18.0 Å². The number of hydrogen-bond acceptors (Lipinski definition) is 5. The van der Waals surface area contributed by atoms with Crippen LogP contribution in [0.15, 0.2) is 11.2 Å². The van der Waals surface area contributed by atoms with Crippen LogP contribution >= 0.6 is 23.4 Å². The van der Waals surface area contributed by atoms with Gasteiger partial charge < -0.3 is 10.2 Å². The van der Waals surface area contributed by atoms with Gasteiger partial charge in [0.25, 0.3) is 0 Å². The van der Waals surface area contributed by atoms with Gasteiger partial charge in [-0.25, -0.2) is 9.97 Å². The van der Waals surface area contributed by atoms with Gasteiger partial charge in [0.05, 0.1) is 0 Å². The summed E-state index contributed by atoms with van der Waals surface area (Å²) in [4.78, 5) is 10.9. The number of nitrogens with one attached hydrogen (secondary N) is 1. The van der Waals surface area contributed by atoms with Gasteiger partial charge in [-0.15, -0.1) is 0 Å². The van der Waals surface area contributed by atoms with Crippen LogP contribution in [0, 0.1) is 0 Å². The minimum Gasteiger partial charge on any atom is -0.369 e. The summed E-state index contributed by atoms with van der Waals surface area (Å²) in [5, 5.41) is 4.50. The van der Waals surface area contributed by atoms with Crippen LogP contribution in [0.4, 0.5) is 5.82 Å². The molecule has 0 aromatic carbocycles. The Kier molecular flexibility index (Phi) is 4.88. The summed E-state index contributed by atoms with van der Waals surface area (Å²) in [6.45, 7) is 4.42. The Balaban J connectivity index is 1.83. The van der Waals surface area contributed by atoms with E-state index in [1.54, 1.807) is 6.07 Å². The second-order valence-corrected chi connectivity index (χ2v) is 5.20. The first-order valence-corrected chi connectivity index (χ1v) is 7.43. The molecule has 1 aliphatic heterocycles. The Bertz CT molecular complexity index is 368. The minimum atomic E-state index is 0.494. The average molecular weight is 273 g/mol. The lowest BCUT2D eigenvalue weighted by atomic mass is 10.4. The molecule has 0 spiro atoms. The van der Waals surface area contributed by atoms with Gasteiger partial charge in [-0.2, -0.15) is 0 Å². The summed E-state index contributed by atoms with van der Waals surface area (Å²) in [7, 11) is 0. The van der Waals surface area contributed by atoms with E-state index in [9.17, 15) is 0 Å². The van der Waals surface area contributed by atoms with E-state index >= 15 is 0 Å². The van der Waals surface area contributed by atoms with Gasteiger partial charge >= 0.3 is 0 Å². The highest BCUT2D eigenvalue weighted by molar-refractivity contribution is 7.98. The fraction of sp³-hybridized carbons (Fsp3) is 0.636. The largest absolute Gasteiger partial charge is 0.369 e. The molecule has 1 fully saturated rings. The molecule has 94 valence electrons. The third kappa shape index (κ3) is 4.01. The number of thioether (sulfide) groups is 1. The molecule has 1 saturated heterocycles. The average Bonchev–Trinajstić information content (AvgIpc) is 2.81. The Morgan fingerprint density at radius 3 is 2.88 bits per heavy atom. The Morgan fingerprint density at radius 1 is 1.41 bits per heavy atom. The van der Waals surface area contributed by atoms with E-state index in [2.05, 4.69) is 20.2 Å². The summed E-state index contributed by atoms with van der Waals surface area (Å²) in [6, 6.07) is 1.77. The lowest BCUT2D eigenvalue weighted by Crippen LogP contribution is -2.26. The van der Waals surface area contributed by atoms with Gasteiger partial charge in [-0.05, 0) is 32.2 Å². The molecule has 17 heavy (non-hydrogen) atoms. The number of halogens is 1. The number of anilines is 1. The molecule has 6 heteroatoms. The normalized spacial score (nSPS) is 16.4. The summed E-state index contributed by atoms with van der Waals surface area (Å²) in [5.41, 5.74) is 0. The van der Waals surface area contributed by atoms with Crippen molar-refractivity contribution in [2.24, 2.45) is 0 Å². The third-order valence-electron chi connectivity index (χ3n) is 2.79. The first kappa shape index (κ1) is 12.9. The van der Waals surface area contributed by atoms with E-state index in [-0.39, 0.29) is 0 Å². The van der Waals surface area contributed by atoms with Crippen LogP contribution in [-0.2, 0) is 0 Å². The maximum absolute atomic E-state index is 5.92. The molecule has 0 radical (unpaired) electrons. The molecular weight excluding hydrogens is 256 g/mol. The van der Waals surface area contributed by atoms with E-state index in [0.29, 0.717) is 10.3 Å². The predicted octanol–water partition coefficient (Wildman–Crippen LogP) is 2.36. The van der Waals surface area contributed by atoms with Crippen molar-refractivity contribution in [3.05, 3.63) is 11.2 Å². The molecular formula is C11H17ClN4S. The van der Waals surface area contributed by atoms with Crippen LogP contribution in [-0.4, -0.2) is 47.3 Å². The minimum absolute atomic E-state index is 0.494. The highest BCUT2D eigenvalue weighted by atomic mass is 35.5. The van der Waals surface area contributed by atoms with Crippen molar-refractivity contribution in [1.82, 2.24) is 14.9 Å². The van der Waals surface area contributed by atoms with Crippen LogP contribution in [0.1, 0.15) is 12.8 Å². The van der Waals surface area contributed by atoms with Gasteiger partial charge in [0, 0.05) is 19.2 Å². The first-order valence-electron chi connectivity index (χ1n) is 5.83. The molecule has 0 amide bonds. The van der Waals surface area contributed by atoms with Crippen molar-refractivity contribution in [2.75, 3.05) is 37.8 Å². The highest BCUT2D eigenvalue weighted by Crippen LogP contribution is 2.17. The maximum atomic E-state index is 5.92. The van der Waals surface area contributed by atoms with Gasteiger partial charge in [0.15, 0.2) is 5.16 Å². The monoisotopic (exact) mass is 272 g/mol. The molecule has 1 aromatic rings. The van der Waals surface area contributed by atoms with Gasteiger partial charge in [-0.1, -0.05) is 23.4 Å². The number of nitrogens with zero attached hydrogens (tertiary/aromatic N) is 3. The summed E-state index contributed by atoms with van der Waals surface area (Å²) in [5.74, 6) is 0.813. The van der Waals surface area contributed by atoms with Crippen molar-refractivity contribution in [3.8, 4) is 0 Å². The molecule has 2 rings (SSSR count). The molecule has 0 aliphatic carbocycles. The zero-order chi connectivity index (χ0) is 12.1. The van der Waals surface area contributed by atoms with Gasteiger partial charge in [0.1, 0.15) is 11.0 Å². The van der Waals surface area contributed by atoms with Crippen LogP contribution in [0.5, 0.6) is 0 Å². The van der Waals surface area contributed by atoms with Gasteiger partial charge in [0.2, 0.25) is 0 Å². The van der Waals surface area contributed by atoms with Crippen LogP contribution in [0.25, 0.3) is 0 Å². The summed E-state index contributed by atoms with van der Waals surface area (Å²) < 4.78 is 0. The number of aromatic nitrogens is 2. The Hall–Kier alpha value is -0.520. The fourth-order valence-corrected chi connectivity index (χ4v) is 2.54. The second kappa shape index (κ2) is 6.42. The van der Waals surface area contributed by atoms with Crippen molar-refractivity contribution >= 4 is 29.2 Å². The Morgan fingerprint density at radius 2 is 2.18 bits per heavy atom. The highest BCUT2D eigenvalue weighted by Gasteiger charge is 2.10. The summed E-state index contributed by atoms with van der Waals surface area (Å²) >= 11 is 7.42. The molecule has 0 saturated carbocycles. The quantitative estimate of drug-likeness (QED) is 0.506. The molecule has 1 aromatic heterocycles. The van der Waals surface area contributed by atoms with Gasteiger partial charge in [-0.3, -0.25) is 0 Å². The standard InChI is InChI=1S/C11H17ClN4S/c1-17-11-14-9(12)8-10(15-11)13-4-7-16-5-2-3-6-16/h8H,2-7H2,1H3,(H,13,14,15). The van der Waals surface area contributed by atoms with Crippen LogP contribution in [0.3, 0.4) is 0 Å². The third-order valence-corrected chi connectivity index (χ3v) is 3.53.